The molecule has 0 radical (unpaired) electrons. The number of carbonyl (C=O) groups excluding carboxylic acids is 1. The zero-order valence-electron chi connectivity index (χ0n) is 24.0. The van der Waals surface area contributed by atoms with Gasteiger partial charge in [-0.3, -0.25) is 4.79 Å². The van der Waals surface area contributed by atoms with Gasteiger partial charge in [-0.25, -0.2) is 0 Å². The number of carbonyl (C=O) groups is 1. The van der Waals surface area contributed by atoms with Crippen molar-refractivity contribution in [2.24, 2.45) is 0 Å². The van der Waals surface area contributed by atoms with Crippen LogP contribution in [0, 0.1) is 0 Å². The predicted octanol–water partition coefficient (Wildman–Crippen LogP) is 6.18. The lowest BCUT2D eigenvalue weighted by Gasteiger charge is -2.43. The fourth-order valence-corrected chi connectivity index (χ4v) is 9.49. The summed E-state index contributed by atoms with van der Waals surface area (Å²) in [6.07, 6.45) is 2.07. The zero-order valence-corrected chi connectivity index (χ0v) is 26.0. The van der Waals surface area contributed by atoms with Crippen LogP contribution in [0.5, 0.6) is 17.2 Å². The molecule has 1 aromatic carbocycles. The van der Waals surface area contributed by atoms with Gasteiger partial charge in [0.15, 0.2) is 25.6 Å². The van der Waals surface area contributed by atoms with Gasteiger partial charge in [0.1, 0.15) is 11.7 Å². The Bertz CT molecular complexity index is 1090. The van der Waals surface area contributed by atoms with Crippen molar-refractivity contribution in [3.05, 3.63) is 28.0 Å². The van der Waals surface area contributed by atoms with Gasteiger partial charge in [0.2, 0.25) is 5.75 Å². The molecule has 1 spiro atoms. The molecule has 3 aliphatic rings. The lowest BCUT2D eigenvalue weighted by molar-refractivity contribution is -0.145. The van der Waals surface area contributed by atoms with E-state index in [1.54, 1.807) is 21.3 Å². The van der Waals surface area contributed by atoms with E-state index in [2.05, 4.69) is 59.6 Å². The van der Waals surface area contributed by atoms with Gasteiger partial charge in [0.25, 0.3) is 0 Å². The number of ketones is 1. The first kappa shape index (κ1) is 27.4. The summed E-state index contributed by atoms with van der Waals surface area (Å²) in [4.78, 5) is 13.3. The first-order valence-electron chi connectivity index (χ1n) is 13.1. The van der Waals surface area contributed by atoms with Crippen LogP contribution in [0.15, 0.2) is 16.8 Å². The Morgan fingerprint density at radius 1 is 0.972 bits per heavy atom. The summed E-state index contributed by atoms with van der Waals surface area (Å²) in [7, 11) is 0.865. The second-order valence-electron chi connectivity index (χ2n) is 13.0. The van der Waals surface area contributed by atoms with Crippen molar-refractivity contribution >= 4 is 22.2 Å². The molecule has 1 fully saturated rings. The highest BCUT2D eigenvalue weighted by molar-refractivity contribution is 6.84. The number of fused-ring (bicyclic) bond motifs is 2. The summed E-state index contributed by atoms with van der Waals surface area (Å²) in [5.74, 6) is 2.04. The average molecular weight is 533 g/mol. The van der Waals surface area contributed by atoms with Crippen LogP contribution in [0.2, 0.25) is 37.8 Å². The maximum Gasteiger partial charge on any atom is 0.203 e. The monoisotopic (exact) mass is 532 g/mol. The summed E-state index contributed by atoms with van der Waals surface area (Å²) >= 11 is 0. The molecule has 0 saturated carbocycles. The van der Waals surface area contributed by atoms with Crippen LogP contribution in [-0.4, -0.2) is 55.7 Å². The Balaban J connectivity index is 2.07. The first-order valence-corrected chi connectivity index (χ1v) is 19.5. The third kappa shape index (κ3) is 4.08. The molecule has 1 aromatic rings. The van der Waals surface area contributed by atoms with E-state index in [1.165, 1.54) is 10.8 Å². The van der Waals surface area contributed by atoms with Crippen molar-refractivity contribution in [3.63, 3.8) is 0 Å². The highest BCUT2D eigenvalue weighted by atomic mass is 28.4. The van der Waals surface area contributed by atoms with E-state index in [9.17, 15) is 4.79 Å². The molecule has 0 amide bonds. The lowest BCUT2D eigenvalue weighted by Crippen LogP contribution is -2.47. The van der Waals surface area contributed by atoms with Crippen molar-refractivity contribution in [1.29, 1.82) is 0 Å². The minimum Gasteiger partial charge on any atom is -0.493 e. The molecular formula is C28H44O6Si2. The van der Waals surface area contributed by atoms with Crippen LogP contribution in [0.4, 0.5) is 0 Å². The van der Waals surface area contributed by atoms with Gasteiger partial charge < -0.3 is 23.4 Å². The molecule has 1 aliphatic carbocycles. The van der Waals surface area contributed by atoms with E-state index in [-0.39, 0.29) is 16.9 Å². The molecule has 4 rings (SSSR count). The average Bonchev–Trinajstić information content (AvgIpc) is 3.02. The van der Waals surface area contributed by atoms with Crippen molar-refractivity contribution in [2.75, 3.05) is 21.3 Å². The molecule has 6 nitrogen and oxygen atoms in total. The standard InChI is InChI=1S/C28H44O6Si2/c1-27(2,3)36(10,11)34-19-13-12-17-16-20(30-4)24(31-5)25(32-6)21(17)28-15-14-18(29)23(33-28)26(22(19)28)35(7,8)9/h16,19,23H,12-15H2,1-11H3/t19-,23+,28+/m1/s1. The molecule has 2 bridgehead atoms. The lowest BCUT2D eigenvalue weighted by atomic mass is 9.79. The summed E-state index contributed by atoms with van der Waals surface area (Å²) in [5, 5.41) is 1.28. The highest BCUT2D eigenvalue weighted by Gasteiger charge is 2.61. The third-order valence-corrected chi connectivity index (χ3v) is 15.3. The van der Waals surface area contributed by atoms with Crippen molar-refractivity contribution in [3.8, 4) is 17.2 Å². The smallest absolute Gasteiger partial charge is 0.203 e. The number of ether oxygens (including phenoxy) is 4. The SMILES string of the molecule is COc1cc2c(c(OC)c1OC)[C@]13CCC(=O)[C@H](O1)C([Si](C)(C)C)=C3[C@H](O[Si](C)(C)C(C)(C)C)CC2. The van der Waals surface area contributed by atoms with Gasteiger partial charge in [0.05, 0.1) is 35.5 Å². The molecule has 1 saturated heterocycles. The van der Waals surface area contributed by atoms with Gasteiger partial charge in [-0.2, -0.15) is 0 Å². The van der Waals surface area contributed by atoms with E-state index in [1.807, 2.05) is 0 Å². The Morgan fingerprint density at radius 2 is 1.61 bits per heavy atom. The van der Waals surface area contributed by atoms with Crippen molar-refractivity contribution in [2.45, 2.75) is 102 Å². The van der Waals surface area contributed by atoms with Crippen LogP contribution >= 0.6 is 0 Å². The van der Waals surface area contributed by atoms with Crippen LogP contribution in [-0.2, 0) is 26.0 Å². The number of hydrogen-bond donors (Lipinski definition) is 0. The van der Waals surface area contributed by atoms with E-state index in [0.717, 1.165) is 24.0 Å². The Hall–Kier alpha value is -1.62. The van der Waals surface area contributed by atoms with Crippen LogP contribution in [0.3, 0.4) is 0 Å². The summed E-state index contributed by atoms with van der Waals surface area (Å²) < 4.78 is 31.8. The topological polar surface area (TPSA) is 63.2 Å². The number of benzene rings is 1. The van der Waals surface area contributed by atoms with Gasteiger partial charge in [-0.05, 0) is 59.8 Å². The Kier molecular flexibility index (Phi) is 6.85. The fraction of sp³-hybridized carbons (Fsp3) is 0.679. The second-order valence-corrected chi connectivity index (χ2v) is 22.7. The molecule has 8 heteroatoms. The molecule has 0 N–H and O–H groups in total. The molecule has 0 aromatic heterocycles. The molecule has 2 heterocycles. The normalized spacial score (nSPS) is 26.4. The molecule has 36 heavy (non-hydrogen) atoms. The van der Waals surface area contributed by atoms with Crippen molar-refractivity contribution < 1.29 is 28.2 Å². The molecule has 200 valence electrons. The molecule has 3 atom stereocenters. The minimum absolute atomic E-state index is 0.0632. The predicted molar refractivity (Wildman–Crippen MR) is 148 cm³/mol. The van der Waals surface area contributed by atoms with Crippen LogP contribution < -0.4 is 14.2 Å². The molecular weight excluding hydrogens is 488 g/mol. The summed E-state index contributed by atoms with van der Waals surface area (Å²) in [6, 6.07) is 2.07. The van der Waals surface area contributed by atoms with Crippen molar-refractivity contribution in [1.82, 2.24) is 0 Å². The zero-order chi connectivity index (χ0) is 26.8. The van der Waals surface area contributed by atoms with Crippen LogP contribution in [0.1, 0.15) is 51.2 Å². The number of hydrogen-bond acceptors (Lipinski definition) is 6. The first-order chi connectivity index (χ1) is 16.6. The van der Waals surface area contributed by atoms with E-state index < -0.39 is 28.1 Å². The largest absolute Gasteiger partial charge is 0.493 e. The third-order valence-electron chi connectivity index (χ3n) is 8.69. The summed E-state index contributed by atoms with van der Waals surface area (Å²) in [5.41, 5.74) is 2.54. The maximum absolute atomic E-state index is 13.3. The quantitative estimate of drug-likeness (QED) is 0.408. The second kappa shape index (κ2) is 9.00. The number of aryl methyl sites for hydroxylation is 1. The van der Waals surface area contributed by atoms with E-state index in [0.29, 0.717) is 30.1 Å². The van der Waals surface area contributed by atoms with E-state index in [4.69, 9.17) is 23.4 Å². The molecule has 2 aliphatic heterocycles. The fourth-order valence-electron chi connectivity index (χ4n) is 6.01. The number of Topliss-reactive ketones (excluding diaryl/α,β-unsaturated/α-hetero) is 1. The number of methoxy groups -OCH3 is 3. The Morgan fingerprint density at radius 3 is 2.14 bits per heavy atom. The summed E-state index contributed by atoms with van der Waals surface area (Å²) in [6.45, 7) is 18.4. The highest BCUT2D eigenvalue weighted by Crippen LogP contribution is 2.61. The minimum atomic E-state index is -2.13. The van der Waals surface area contributed by atoms with Gasteiger partial charge >= 0.3 is 0 Å². The van der Waals surface area contributed by atoms with E-state index >= 15 is 0 Å². The van der Waals surface area contributed by atoms with Gasteiger partial charge in [0, 0.05) is 12.0 Å². The maximum atomic E-state index is 13.3. The number of rotatable bonds is 6. The van der Waals surface area contributed by atoms with Crippen LogP contribution in [0.25, 0.3) is 0 Å². The molecule has 0 unspecified atom stereocenters. The van der Waals surface area contributed by atoms with Gasteiger partial charge in [-0.1, -0.05) is 40.4 Å². The van der Waals surface area contributed by atoms with Gasteiger partial charge in [-0.15, -0.1) is 0 Å². The Labute approximate surface area is 218 Å².